The Balaban J connectivity index is 2.12. The lowest BCUT2D eigenvalue weighted by atomic mass is 10.4. The zero-order valence-electron chi connectivity index (χ0n) is 7.16. The quantitative estimate of drug-likeness (QED) is 0.462. The first kappa shape index (κ1) is 9.54. The average Bonchev–Trinajstić information content (AvgIpc) is 2.55. The standard InChI is InChI=1S/C9H12N2O2/c12-9(13)4-2-5-10-7-8-3-1-6-11-8/h1-4,6,10-11H,5,7H2,(H,12,13)/b4-2+. The SMILES string of the molecule is O=C(O)/C=C/CNCc1ccc[nH]1. The van der Waals surface area contributed by atoms with E-state index in [1.54, 1.807) is 6.08 Å². The van der Waals surface area contributed by atoms with Gasteiger partial charge in [0.2, 0.25) is 0 Å². The molecule has 0 bridgehead atoms. The van der Waals surface area contributed by atoms with Crippen molar-refractivity contribution in [2.24, 2.45) is 0 Å². The second-order valence-electron chi connectivity index (χ2n) is 2.57. The van der Waals surface area contributed by atoms with Crippen molar-refractivity contribution in [3.63, 3.8) is 0 Å². The van der Waals surface area contributed by atoms with Gasteiger partial charge < -0.3 is 15.4 Å². The van der Waals surface area contributed by atoms with Gasteiger partial charge in [-0.15, -0.1) is 0 Å². The summed E-state index contributed by atoms with van der Waals surface area (Å²) in [7, 11) is 0. The van der Waals surface area contributed by atoms with E-state index < -0.39 is 5.97 Å². The molecule has 0 saturated heterocycles. The Morgan fingerprint density at radius 1 is 1.69 bits per heavy atom. The second-order valence-corrected chi connectivity index (χ2v) is 2.57. The van der Waals surface area contributed by atoms with Crippen molar-refractivity contribution >= 4 is 5.97 Å². The van der Waals surface area contributed by atoms with Crippen LogP contribution in [0.25, 0.3) is 0 Å². The zero-order chi connectivity index (χ0) is 9.52. The van der Waals surface area contributed by atoms with Gasteiger partial charge in [0.1, 0.15) is 0 Å². The Morgan fingerprint density at radius 2 is 2.54 bits per heavy atom. The van der Waals surface area contributed by atoms with Crippen molar-refractivity contribution in [2.75, 3.05) is 6.54 Å². The summed E-state index contributed by atoms with van der Waals surface area (Å²) in [5.74, 6) is -0.915. The van der Waals surface area contributed by atoms with Crippen LogP contribution >= 0.6 is 0 Å². The van der Waals surface area contributed by atoms with Crippen LogP contribution in [0.1, 0.15) is 5.69 Å². The zero-order valence-corrected chi connectivity index (χ0v) is 7.16. The van der Waals surface area contributed by atoms with Crippen LogP contribution in [-0.2, 0) is 11.3 Å². The Kier molecular flexibility index (Phi) is 3.78. The van der Waals surface area contributed by atoms with E-state index in [0.29, 0.717) is 6.54 Å². The van der Waals surface area contributed by atoms with Gasteiger partial charge in [0.05, 0.1) is 0 Å². The van der Waals surface area contributed by atoms with Crippen LogP contribution < -0.4 is 5.32 Å². The van der Waals surface area contributed by atoms with Gasteiger partial charge >= 0.3 is 5.97 Å². The number of hydrogen-bond acceptors (Lipinski definition) is 2. The smallest absolute Gasteiger partial charge is 0.328 e. The summed E-state index contributed by atoms with van der Waals surface area (Å²) in [5.41, 5.74) is 1.09. The van der Waals surface area contributed by atoms with Gasteiger partial charge in [-0.05, 0) is 12.1 Å². The summed E-state index contributed by atoms with van der Waals surface area (Å²) >= 11 is 0. The second kappa shape index (κ2) is 5.16. The third-order valence-electron chi connectivity index (χ3n) is 1.50. The Labute approximate surface area is 76.3 Å². The summed E-state index contributed by atoms with van der Waals surface area (Å²) in [4.78, 5) is 13.1. The molecular weight excluding hydrogens is 168 g/mol. The van der Waals surface area contributed by atoms with Crippen molar-refractivity contribution in [2.45, 2.75) is 6.54 Å². The Hall–Kier alpha value is -1.55. The molecule has 0 unspecified atom stereocenters. The lowest BCUT2D eigenvalue weighted by Gasteiger charge is -1.97. The number of nitrogens with one attached hydrogen (secondary N) is 2. The summed E-state index contributed by atoms with van der Waals surface area (Å²) < 4.78 is 0. The Morgan fingerprint density at radius 3 is 3.15 bits per heavy atom. The fraction of sp³-hybridized carbons (Fsp3) is 0.222. The summed E-state index contributed by atoms with van der Waals surface area (Å²) in [6, 6.07) is 3.89. The minimum absolute atomic E-state index is 0.561. The Bertz CT molecular complexity index is 278. The first-order valence-corrected chi connectivity index (χ1v) is 4.01. The number of aliphatic carboxylic acids is 1. The fourth-order valence-electron chi connectivity index (χ4n) is 0.927. The van der Waals surface area contributed by atoms with E-state index in [4.69, 9.17) is 5.11 Å². The highest BCUT2D eigenvalue weighted by Crippen LogP contribution is 1.91. The normalized spacial score (nSPS) is 10.8. The van der Waals surface area contributed by atoms with Crippen molar-refractivity contribution in [3.8, 4) is 0 Å². The van der Waals surface area contributed by atoms with E-state index >= 15 is 0 Å². The van der Waals surface area contributed by atoms with Crippen molar-refractivity contribution in [3.05, 3.63) is 36.2 Å². The molecule has 0 aliphatic rings. The van der Waals surface area contributed by atoms with E-state index in [9.17, 15) is 4.79 Å². The predicted molar refractivity (Wildman–Crippen MR) is 49.3 cm³/mol. The molecule has 0 aliphatic carbocycles. The van der Waals surface area contributed by atoms with Crippen molar-refractivity contribution in [1.82, 2.24) is 10.3 Å². The van der Waals surface area contributed by atoms with Crippen LogP contribution in [0, 0.1) is 0 Å². The maximum Gasteiger partial charge on any atom is 0.328 e. The molecule has 70 valence electrons. The summed E-state index contributed by atoms with van der Waals surface area (Å²) in [6.45, 7) is 1.28. The highest BCUT2D eigenvalue weighted by Gasteiger charge is 1.89. The molecule has 0 radical (unpaired) electrons. The number of hydrogen-bond donors (Lipinski definition) is 3. The molecule has 1 aromatic heterocycles. The molecular formula is C9H12N2O2. The molecule has 0 aromatic carbocycles. The minimum atomic E-state index is -0.915. The third-order valence-corrected chi connectivity index (χ3v) is 1.50. The molecule has 0 fully saturated rings. The van der Waals surface area contributed by atoms with Crippen LogP contribution in [0.2, 0.25) is 0 Å². The molecule has 0 spiro atoms. The van der Waals surface area contributed by atoms with E-state index in [1.165, 1.54) is 0 Å². The molecule has 3 N–H and O–H groups in total. The lowest BCUT2D eigenvalue weighted by molar-refractivity contribution is -0.131. The number of rotatable bonds is 5. The number of carboxylic acid groups (broad SMARTS) is 1. The number of aromatic nitrogens is 1. The maximum absolute atomic E-state index is 10.1. The van der Waals surface area contributed by atoms with Gasteiger partial charge in [0.15, 0.2) is 0 Å². The van der Waals surface area contributed by atoms with Crippen molar-refractivity contribution in [1.29, 1.82) is 0 Å². The van der Waals surface area contributed by atoms with Crippen LogP contribution in [0.15, 0.2) is 30.5 Å². The number of carboxylic acids is 1. The highest BCUT2D eigenvalue weighted by molar-refractivity contribution is 5.79. The molecule has 4 nitrogen and oxygen atoms in total. The summed E-state index contributed by atoms with van der Waals surface area (Å²) in [5, 5.41) is 11.3. The molecule has 4 heteroatoms. The van der Waals surface area contributed by atoms with E-state index in [2.05, 4.69) is 10.3 Å². The van der Waals surface area contributed by atoms with Gasteiger partial charge in [0.25, 0.3) is 0 Å². The first-order chi connectivity index (χ1) is 6.29. The maximum atomic E-state index is 10.1. The lowest BCUT2D eigenvalue weighted by Crippen LogP contribution is -2.13. The highest BCUT2D eigenvalue weighted by atomic mass is 16.4. The minimum Gasteiger partial charge on any atom is -0.478 e. The molecule has 0 aliphatic heterocycles. The number of H-pyrrole nitrogens is 1. The molecule has 13 heavy (non-hydrogen) atoms. The third kappa shape index (κ3) is 4.12. The fourth-order valence-corrected chi connectivity index (χ4v) is 0.927. The topological polar surface area (TPSA) is 65.1 Å². The predicted octanol–water partition coefficient (Wildman–Crippen LogP) is 0.745. The van der Waals surface area contributed by atoms with Gasteiger partial charge in [0, 0.05) is 31.1 Å². The molecule has 1 rings (SSSR count). The van der Waals surface area contributed by atoms with E-state index in [-0.39, 0.29) is 0 Å². The molecule has 0 saturated carbocycles. The average molecular weight is 180 g/mol. The van der Waals surface area contributed by atoms with Gasteiger partial charge in [-0.3, -0.25) is 0 Å². The summed E-state index contributed by atoms with van der Waals surface area (Å²) in [6.07, 6.45) is 4.55. The largest absolute Gasteiger partial charge is 0.478 e. The van der Waals surface area contributed by atoms with Gasteiger partial charge in [-0.1, -0.05) is 6.08 Å². The van der Waals surface area contributed by atoms with E-state index in [0.717, 1.165) is 18.3 Å². The van der Waals surface area contributed by atoms with Gasteiger partial charge in [-0.2, -0.15) is 0 Å². The van der Waals surface area contributed by atoms with Crippen LogP contribution in [0.4, 0.5) is 0 Å². The first-order valence-electron chi connectivity index (χ1n) is 4.01. The van der Waals surface area contributed by atoms with Gasteiger partial charge in [-0.25, -0.2) is 4.79 Å². The number of aromatic amines is 1. The molecule has 1 aromatic rings. The molecule has 0 atom stereocenters. The molecule has 1 heterocycles. The number of carbonyl (C=O) groups is 1. The van der Waals surface area contributed by atoms with E-state index in [1.807, 2.05) is 18.3 Å². The molecule has 0 amide bonds. The van der Waals surface area contributed by atoms with Crippen molar-refractivity contribution < 1.29 is 9.90 Å². The van der Waals surface area contributed by atoms with Crippen LogP contribution in [-0.4, -0.2) is 22.6 Å². The monoisotopic (exact) mass is 180 g/mol. The van der Waals surface area contributed by atoms with Crippen LogP contribution in [0.5, 0.6) is 0 Å². The van der Waals surface area contributed by atoms with Crippen LogP contribution in [0.3, 0.4) is 0 Å².